The van der Waals surface area contributed by atoms with Gasteiger partial charge in [0.25, 0.3) is 5.91 Å². The minimum atomic E-state index is -0.618. The molecular formula is C20H28N4O3. The fourth-order valence-electron chi connectivity index (χ4n) is 3.57. The Morgan fingerprint density at radius 3 is 2.85 bits per heavy atom. The second-order valence-electron chi connectivity index (χ2n) is 7.31. The molecule has 1 amide bonds. The van der Waals surface area contributed by atoms with Crippen LogP contribution in [0.5, 0.6) is 5.75 Å². The van der Waals surface area contributed by atoms with Gasteiger partial charge in [0, 0.05) is 31.5 Å². The number of benzene rings is 1. The summed E-state index contributed by atoms with van der Waals surface area (Å²) in [6.45, 7) is 1.37. The van der Waals surface area contributed by atoms with E-state index in [0.717, 1.165) is 19.4 Å². The van der Waals surface area contributed by atoms with Crippen molar-refractivity contribution >= 4 is 5.91 Å². The van der Waals surface area contributed by atoms with Crippen LogP contribution < -0.4 is 4.74 Å². The number of likely N-dealkylation sites (N-methyl/N-ethyl adjacent to an activating group) is 2. The number of ether oxygens (including phenoxy) is 1. The smallest absolute Gasteiger partial charge is 0.254 e. The number of amides is 1. The Morgan fingerprint density at radius 1 is 1.33 bits per heavy atom. The number of aliphatic hydroxyl groups excluding tert-OH is 1. The summed E-state index contributed by atoms with van der Waals surface area (Å²) in [5.41, 5.74) is 0.568. The van der Waals surface area contributed by atoms with Gasteiger partial charge in [-0.3, -0.25) is 4.79 Å². The SMILES string of the molecule is CN(C)CCOc1cccc(C(=O)N(C)[C@@H]2CC[C@@H](n3ccnc3)[C@@H]2O)c1. The van der Waals surface area contributed by atoms with Gasteiger partial charge in [-0.25, -0.2) is 4.98 Å². The molecule has 0 unspecified atom stereocenters. The quantitative estimate of drug-likeness (QED) is 0.800. The van der Waals surface area contributed by atoms with Crippen molar-refractivity contribution in [3.63, 3.8) is 0 Å². The van der Waals surface area contributed by atoms with Crippen molar-refractivity contribution in [1.82, 2.24) is 19.4 Å². The van der Waals surface area contributed by atoms with Gasteiger partial charge in [0.05, 0.1) is 24.5 Å². The van der Waals surface area contributed by atoms with Gasteiger partial charge in [0.2, 0.25) is 0 Å². The van der Waals surface area contributed by atoms with E-state index in [1.165, 1.54) is 0 Å². The number of hydrogen-bond donors (Lipinski definition) is 1. The zero-order valence-electron chi connectivity index (χ0n) is 16.2. The summed E-state index contributed by atoms with van der Waals surface area (Å²) < 4.78 is 7.65. The second kappa shape index (κ2) is 8.54. The average Bonchev–Trinajstić information content (AvgIpc) is 3.30. The third-order valence-corrected chi connectivity index (χ3v) is 5.16. The molecule has 0 saturated heterocycles. The fraction of sp³-hybridized carbons (Fsp3) is 0.500. The number of aliphatic hydroxyl groups is 1. The highest BCUT2D eigenvalue weighted by molar-refractivity contribution is 5.94. The van der Waals surface area contributed by atoms with Crippen molar-refractivity contribution in [2.45, 2.75) is 31.0 Å². The largest absolute Gasteiger partial charge is 0.492 e. The summed E-state index contributed by atoms with van der Waals surface area (Å²) in [6.07, 6.45) is 6.22. The Balaban J connectivity index is 1.65. The van der Waals surface area contributed by atoms with Gasteiger partial charge in [0.15, 0.2) is 0 Å². The van der Waals surface area contributed by atoms with Crippen LogP contribution in [0.25, 0.3) is 0 Å². The molecule has 3 rings (SSSR count). The lowest BCUT2D eigenvalue weighted by Crippen LogP contribution is -2.43. The van der Waals surface area contributed by atoms with Crippen LogP contribution in [0, 0.1) is 0 Å². The van der Waals surface area contributed by atoms with Crippen molar-refractivity contribution in [3.05, 3.63) is 48.5 Å². The van der Waals surface area contributed by atoms with Gasteiger partial charge in [-0.05, 0) is 45.1 Å². The van der Waals surface area contributed by atoms with E-state index in [1.54, 1.807) is 36.6 Å². The molecule has 7 heteroatoms. The van der Waals surface area contributed by atoms with Crippen LogP contribution in [-0.2, 0) is 0 Å². The molecule has 7 nitrogen and oxygen atoms in total. The summed E-state index contributed by atoms with van der Waals surface area (Å²) in [5.74, 6) is 0.572. The van der Waals surface area contributed by atoms with Crippen LogP contribution in [-0.4, -0.2) is 76.8 Å². The van der Waals surface area contributed by atoms with Crippen LogP contribution in [0.2, 0.25) is 0 Å². The maximum absolute atomic E-state index is 12.9. The standard InChI is InChI=1S/C20H28N4O3/c1-22(2)11-12-27-16-6-4-5-15(13-16)20(26)23(3)17-7-8-18(19(17)25)24-10-9-21-14-24/h4-6,9-10,13-14,17-19,25H,7-8,11-12H2,1-3H3/t17-,18-,19-/m1/s1. The molecule has 0 radical (unpaired) electrons. The van der Waals surface area contributed by atoms with Crippen molar-refractivity contribution < 1.29 is 14.6 Å². The Labute approximate surface area is 160 Å². The number of rotatable bonds is 7. The third-order valence-electron chi connectivity index (χ3n) is 5.16. The molecule has 27 heavy (non-hydrogen) atoms. The zero-order chi connectivity index (χ0) is 19.4. The Morgan fingerprint density at radius 2 is 2.15 bits per heavy atom. The first-order valence-corrected chi connectivity index (χ1v) is 9.27. The zero-order valence-corrected chi connectivity index (χ0v) is 16.2. The predicted molar refractivity (Wildman–Crippen MR) is 103 cm³/mol. The van der Waals surface area contributed by atoms with Gasteiger partial charge in [0.1, 0.15) is 12.4 Å². The molecule has 0 spiro atoms. The van der Waals surface area contributed by atoms with Crippen LogP contribution in [0.15, 0.2) is 43.0 Å². The molecule has 1 aromatic carbocycles. The van der Waals surface area contributed by atoms with E-state index >= 15 is 0 Å². The van der Waals surface area contributed by atoms with Crippen molar-refractivity contribution in [1.29, 1.82) is 0 Å². The van der Waals surface area contributed by atoms with E-state index in [2.05, 4.69) is 4.98 Å². The molecule has 0 bridgehead atoms. The molecule has 2 aromatic rings. The van der Waals surface area contributed by atoms with Crippen molar-refractivity contribution in [3.8, 4) is 5.75 Å². The first kappa shape index (κ1) is 19.4. The van der Waals surface area contributed by atoms with Gasteiger partial charge in [-0.2, -0.15) is 0 Å². The highest BCUT2D eigenvalue weighted by atomic mass is 16.5. The van der Waals surface area contributed by atoms with E-state index in [4.69, 9.17) is 4.74 Å². The normalized spacial score (nSPS) is 22.2. The third kappa shape index (κ3) is 4.48. The molecule has 0 aliphatic heterocycles. The fourth-order valence-corrected chi connectivity index (χ4v) is 3.57. The minimum Gasteiger partial charge on any atom is -0.492 e. The summed E-state index contributed by atoms with van der Waals surface area (Å²) in [7, 11) is 5.73. The van der Waals surface area contributed by atoms with Crippen LogP contribution in [0.4, 0.5) is 0 Å². The first-order chi connectivity index (χ1) is 13.0. The molecule has 1 aliphatic carbocycles. The van der Waals surface area contributed by atoms with Crippen LogP contribution >= 0.6 is 0 Å². The molecule has 1 aromatic heterocycles. The van der Waals surface area contributed by atoms with Gasteiger partial charge in [-0.15, -0.1) is 0 Å². The maximum Gasteiger partial charge on any atom is 0.254 e. The van der Waals surface area contributed by atoms with Crippen molar-refractivity contribution in [2.75, 3.05) is 34.3 Å². The van der Waals surface area contributed by atoms with E-state index in [0.29, 0.717) is 17.9 Å². The molecule has 3 atom stereocenters. The summed E-state index contributed by atoms with van der Waals surface area (Å²) in [4.78, 5) is 20.7. The molecular weight excluding hydrogens is 344 g/mol. The molecule has 146 valence electrons. The number of imidazole rings is 1. The lowest BCUT2D eigenvalue weighted by Gasteiger charge is -2.29. The number of aromatic nitrogens is 2. The predicted octanol–water partition coefficient (Wildman–Crippen LogP) is 1.66. The lowest BCUT2D eigenvalue weighted by atomic mass is 10.1. The molecule has 1 saturated carbocycles. The van der Waals surface area contributed by atoms with Gasteiger partial charge >= 0.3 is 0 Å². The summed E-state index contributed by atoms with van der Waals surface area (Å²) in [6, 6.07) is 6.96. The number of hydrogen-bond acceptors (Lipinski definition) is 5. The van der Waals surface area contributed by atoms with Crippen LogP contribution in [0.3, 0.4) is 0 Å². The van der Waals surface area contributed by atoms with E-state index in [1.807, 2.05) is 41.9 Å². The average molecular weight is 372 g/mol. The van der Waals surface area contributed by atoms with E-state index in [9.17, 15) is 9.90 Å². The number of carbonyl (C=O) groups excluding carboxylic acids is 1. The Bertz CT molecular complexity index is 747. The lowest BCUT2D eigenvalue weighted by molar-refractivity contribution is 0.0442. The monoisotopic (exact) mass is 372 g/mol. The Kier molecular flexibility index (Phi) is 6.13. The number of nitrogens with zero attached hydrogens (tertiary/aromatic N) is 4. The second-order valence-corrected chi connectivity index (χ2v) is 7.31. The highest BCUT2D eigenvalue weighted by Gasteiger charge is 2.39. The van der Waals surface area contributed by atoms with E-state index in [-0.39, 0.29) is 18.0 Å². The molecule has 1 N–H and O–H groups in total. The number of carbonyl (C=O) groups is 1. The van der Waals surface area contributed by atoms with Gasteiger partial charge in [-0.1, -0.05) is 6.07 Å². The topological polar surface area (TPSA) is 70.8 Å². The molecule has 1 fully saturated rings. The minimum absolute atomic E-state index is 0.0477. The van der Waals surface area contributed by atoms with E-state index < -0.39 is 6.10 Å². The van der Waals surface area contributed by atoms with Gasteiger partial charge < -0.3 is 24.2 Å². The van der Waals surface area contributed by atoms with Crippen molar-refractivity contribution in [2.24, 2.45) is 0 Å². The summed E-state index contributed by atoms with van der Waals surface area (Å²) >= 11 is 0. The van der Waals surface area contributed by atoms with Crippen LogP contribution in [0.1, 0.15) is 29.2 Å². The highest BCUT2D eigenvalue weighted by Crippen LogP contribution is 2.33. The molecule has 1 heterocycles. The first-order valence-electron chi connectivity index (χ1n) is 9.27. The maximum atomic E-state index is 12.9. The Hall–Kier alpha value is -2.38. The summed E-state index contributed by atoms with van der Waals surface area (Å²) in [5, 5.41) is 10.7. The molecule has 1 aliphatic rings.